The molecule has 3 N–H and O–H groups in total. The van der Waals surface area contributed by atoms with Gasteiger partial charge in [-0.2, -0.15) is 0 Å². The van der Waals surface area contributed by atoms with E-state index in [1.54, 1.807) is 0 Å². The number of ether oxygens (including phenoxy) is 1. The first kappa shape index (κ1) is 15.6. The summed E-state index contributed by atoms with van der Waals surface area (Å²) in [5.41, 5.74) is 6.07. The van der Waals surface area contributed by atoms with E-state index in [1.807, 2.05) is 0 Å². The lowest BCUT2D eigenvalue weighted by Crippen LogP contribution is -2.13. The highest BCUT2D eigenvalue weighted by Crippen LogP contribution is 2.28. The molecule has 0 radical (unpaired) electrons. The van der Waals surface area contributed by atoms with Gasteiger partial charge < -0.3 is 10.5 Å². The van der Waals surface area contributed by atoms with E-state index in [1.165, 1.54) is 37.4 Å². The fraction of sp³-hybridized carbons (Fsp3) is 0.0769. The zero-order valence-corrected chi connectivity index (χ0v) is 13.3. The van der Waals surface area contributed by atoms with E-state index < -0.39 is 15.8 Å². The minimum Gasteiger partial charge on any atom is -0.495 e. The van der Waals surface area contributed by atoms with Crippen LogP contribution in [0, 0.1) is 5.82 Å². The number of methoxy groups -OCH3 is 1. The van der Waals surface area contributed by atoms with Crippen molar-refractivity contribution in [1.82, 2.24) is 0 Å². The lowest BCUT2D eigenvalue weighted by Gasteiger charge is -2.11. The Hall–Kier alpha value is -1.80. The Kier molecular flexibility index (Phi) is 4.38. The Morgan fingerprint density at radius 1 is 1.24 bits per heavy atom. The summed E-state index contributed by atoms with van der Waals surface area (Å²) in [6.07, 6.45) is 0. The highest BCUT2D eigenvalue weighted by Gasteiger charge is 2.17. The van der Waals surface area contributed by atoms with Gasteiger partial charge in [-0.25, -0.2) is 12.8 Å². The summed E-state index contributed by atoms with van der Waals surface area (Å²) in [5.74, 6) is -0.304. The molecule has 0 aromatic heterocycles. The van der Waals surface area contributed by atoms with E-state index in [0.717, 1.165) is 6.07 Å². The molecule has 0 saturated carbocycles. The first-order chi connectivity index (χ1) is 9.83. The summed E-state index contributed by atoms with van der Waals surface area (Å²) in [7, 11) is -2.50. The van der Waals surface area contributed by atoms with Crippen LogP contribution in [0.1, 0.15) is 0 Å². The van der Waals surface area contributed by atoms with Crippen LogP contribution in [0.3, 0.4) is 0 Å². The molecule has 0 aliphatic carbocycles. The highest BCUT2D eigenvalue weighted by molar-refractivity contribution is 9.10. The Labute approximate surface area is 130 Å². The number of nitrogen functional groups attached to an aromatic ring is 1. The third-order valence-electron chi connectivity index (χ3n) is 2.69. The van der Waals surface area contributed by atoms with Gasteiger partial charge in [0.15, 0.2) is 0 Å². The molecule has 0 fully saturated rings. The molecular formula is C13H12BrFN2O3S. The van der Waals surface area contributed by atoms with Gasteiger partial charge in [-0.15, -0.1) is 0 Å². The van der Waals surface area contributed by atoms with Gasteiger partial charge in [0.25, 0.3) is 10.0 Å². The van der Waals surface area contributed by atoms with Crippen LogP contribution in [-0.4, -0.2) is 15.5 Å². The second kappa shape index (κ2) is 5.90. The lowest BCUT2D eigenvalue weighted by molar-refractivity contribution is 0.415. The Balaban J connectivity index is 2.41. The topological polar surface area (TPSA) is 81.4 Å². The van der Waals surface area contributed by atoms with Gasteiger partial charge in [-0.05, 0) is 46.3 Å². The number of nitrogens with two attached hydrogens (primary N) is 1. The second-order valence-corrected chi connectivity index (χ2v) is 6.67. The average Bonchev–Trinajstić information content (AvgIpc) is 2.43. The van der Waals surface area contributed by atoms with Gasteiger partial charge in [-0.1, -0.05) is 0 Å². The Bertz CT molecular complexity index is 781. The van der Waals surface area contributed by atoms with Crippen LogP contribution in [0.25, 0.3) is 0 Å². The normalized spacial score (nSPS) is 11.2. The summed E-state index contributed by atoms with van der Waals surface area (Å²) >= 11 is 3.16. The summed E-state index contributed by atoms with van der Waals surface area (Å²) in [6, 6.07) is 7.77. The first-order valence-corrected chi connectivity index (χ1v) is 8.02. The quantitative estimate of drug-likeness (QED) is 0.806. The molecule has 0 unspecified atom stereocenters. The number of benzene rings is 2. The van der Waals surface area contributed by atoms with Crippen molar-refractivity contribution in [3.05, 3.63) is 46.7 Å². The van der Waals surface area contributed by atoms with Crippen LogP contribution < -0.4 is 15.2 Å². The first-order valence-electron chi connectivity index (χ1n) is 5.75. The van der Waals surface area contributed by atoms with Crippen molar-refractivity contribution in [2.45, 2.75) is 4.90 Å². The maximum absolute atomic E-state index is 13.2. The van der Waals surface area contributed by atoms with E-state index in [4.69, 9.17) is 10.5 Å². The van der Waals surface area contributed by atoms with E-state index in [-0.39, 0.29) is 16.3 Å². The lowest BCUT2D eigenvalue weighted by atomic mass is 10.3. The molecule has 0 heterocycles. The minimum absolute atomic E-state index is 0.0373. The molecule has 21 heavy (non-hydrogen) atoms. The second-order valence-electron chi connectivity index (χ2n) is 4.13. The summed E-state index contributed by atoms with van der Waals surface area (Å²) in [6.45, 7) is 0. The van der Waals surface area contributed by atoms with Gasteiger partial charge >= 0.3 is 0 Å². The molecule has 2 aromatic rings. The zero-order valence-electron chi connectivity index (χ0n) is 10.9. The number of halogens is 2. The fourth-order valence-corrected chi connectivity index (χ4v) is 3.20. The zero-order chi connectivity index (χ0) is 15.6. The number of sulfonamides is 1. The van der Waals surface area contributed by atoms with Gasteiger partial charge in [0, 0.05) is 10.5 Å². The molecule has 0 amide bonds. The van der Waals surface area contributed by atoms with Crippen molar-refractivity contribution in [2.75, 3.05) is 17.6 Å². The molecule has 5 nitrogen and oxygen atoms in total. The predicted molar refractivity (Wildman–Crippen MR) is 82.3 cm³/mol. The summed E-state index contributed by atoms with van der Waals surface area (Å²) in [5, 5.41) is 0. The molecule has 2 aromatic carbocycles. The minimum atomic E-state index is -3.88. The summed E-state index contributed by atoms with van der Waals surface area (Å²) < 4.78 is 45.5. The molecule has 8 heteroatoms. The van der Waals surface area contributed by atoms with Crippen molar-refractivity contribution >= 4 is 37.3 Å². The Morgan fingerprint density at radius 2 is 1.95 bits per heavy atom. The van der Waals surface area contributed by atoms with E-state index in [9.17, 15) is 12.8 Å². The smallest absolute Gasteiger partial charge is 0.262 e. The molecular weight excluding hydrogens is 363 g/mol. The molecule has 0 bridgehead atoms. The van der Waals surface area contributed by atoms with Crippen LogP contribution in [-0.2, 0) is 10.0 Å². The maximum Gasteiger partial charge on any atom is 0.262 e. The van der Waals surface area contributed by atoms with E-state index in [2.05, 4.69) is 20.7 Å². The van der Waals surface area contributed by atoms with Crippen LogP contribution >= 0.6 is 15.9 Å². The van der Waals surface area contributed by atoms with Crippen molar-refractivity contribution in [2.24, 2.45) is 0 Å². The largest absolute Gasteiger partial charge is 0.495 e. The molecule has 0 aliphatic heterocycles. The third-order valence-corrected chi connectivity index (χ3v) is 4.74. The van der Waals surface area contributed by atoms with Crippen LogP contribution in [0.15, 0.2) is 45.8 Å². The molecule has 0 aliphatic rings. The van der Waals surface area contributed by atoms with Gasteiger partial charge in [0.1, 0.15) is 11.6 Å². The van der Waals surface area contributed by atoms with Crippen LogP contribution in [0.4, 0.5) is 15.8 Å². The molecule has 112 valence electrons. The van der Waals surface area contributed by atoms with E-state index in [0.29, 0.717) is 10.2 Å². The predicted octanol–water partition coefficient (Wildman–Crippen LogP) is 2.98. The summed E-state index contributed by atoms with van der Waals surface area (Å²) in [4.78, 5) is -0.0373. The number of anilines is 2. The molecule has 0 saturated heterocycles. The molecule has 0 spiro atoms. The highest BCUT2D eigenvalue weighted by atomic mass is 79.9. The monoisotopic (exact) mass is 374 g/mol. The third kappa shape index (κ3) is 3.45. The number of hydrogen-bond acceptors (Lipinski definition) is 4. The standard InChI is InChI=1S/C13H12BrFN2O3S/c1-20-13-7-9(3-5-11(13)16)21(18,19)17-12-6-8(15)2-4-10(12)14/h2-7,17H,16H2,1H3. The number of nitrogens with one attached hydrogen (secondary N) is 1. The SMILES string of the molecule is COc1cc(S(=O)(=O)Nc2cc(F)ccc2Br)ccc1N. The maximum atomic E-state index is 13.2. The van der Waals surface area contributed by atoms with Gasteiger partial charge in [-0.3, -0.25) is 4.72 Å². The van der Waals surface area contributed by atoms with Gasteiger partial charge in [0.2, 0.25) is 0 Å². The number of rotatable bonds is 4. The van der Waals surface area contributed by atoms with Crippen molar-refractivity contribution in [3.8, 4) is 5.75 Å². The molecule has 2 rings (SSSR count). The average molecular weight is 375 g/mol. The van der Waals surface area contributed by atoms with Crippen LogP contribution in [0.2, 0.25) is 0 Å². The van der Waals surface area contributed by atoms with E-state index >= 15 is 0 Å². The Morgan fingerprint density at radius 3 is 2.62 bits per heavy atom. The van der Waals surface area contributed by atoms with Crippen molar-refractivity contribution < 1.29 is 17.5 Å². The van der Waals surface area contributed by atoms with Gasteiger partial charge in [0.05, 0.1) is 23.4 Å². The van der Waals surface area contributed by atoms with Crippen molar-refractivity contribution in [3.63, 3.8) is 0 Å². The number of hydrogen-bond donors (Lipinski definition) is 2. The fourth-order valence-electron chi connectivity index (χ4n) is 1.64. The van der Waals surface area contributed by atoms with Crippen LogP contribution in [0.5, 0.6) is 5.75 Å². The van der Waals surface area contributed by atoms with Crippen molar-refractivity contribution in [1.29, 1.82) is 0 Å². The molecule has 0 atom stereocenters.